The van der Waals surface area contributed by atoms with Gasteiger partial charge >= 0.3 is 0 Å². The second kappa shape index (κ2) is 25.5. The maximum Gasteiger partial charge on any atom is 0.146 e. The fraction of sp³-hybridized carbons (Fsp3) is 1.00. The molecule has 36 heavy (non-hydrogen) atoms. The van der Waals surface area contributed by atoms with Gasteiger partial charge in [0.1, 0.15) is 6.79 Å². The van der Waals surface area contributed by atoms with Gasteiger partial charge in [-0.3, -0.25) is 0 Å². The van der Waals surface area contributed by atoms with Crippen molar-refractivity contribution >= 4 is 11.6 Å². The van der Waals surface area contributed by atoms with Crippen molar-refractivity contribution < 1.29 is 9.47 Å². The molecular weight excluding hydrogens is 464 g/mol. The normalized spacial score (nSPS) is 17.0. The highest BCUT2D eigenvalue weighted by molar-refractivity contribution is 6.17. The Balaban J connectivity index is 3.71. The summed E-state index contributed by atoms with van der Waals surface area (Å²) in [5.41, 5.74) is 0. The van der Waals surface area contributed by atoms with Crippen molar-refractivity contribution in [3.05, 3.63) is 0 Å². The van der Waals surface area contributed by atoms with Crippen LogP contribution in [0.25, 0.3) is 0 Å². The monoisotopic (exact) mass is 530 g/mol. The molecule has 0 N–H and O–H groups in total. The summed E-state index contributed by atoms with van der Waals surface area (Å²) in [5, 5.41) is 0. The zero-order valence-corrected chi connectivity index (χ0v) is 26.6. The minimum Gasteiger partial charge on any atom is -0.355 e. The molecule has 0 heterocycles. The topological polar surface area (TPSA) is 18.5 Å². The van der Waals surface area contributed by atoms with Crippen LogP contribution in [0.1, 0.15) is 151 Å². The van der Waals surface area contributed by atoms with E-state index in [0.29, 0.717) is 6.79 Å². The van der Waals surface area contributed by atoms with Gasteiger partial charge in [-0.2, -0.15) is 0 Å². The molecule has 0 spiro atoms. The highest BCUT2D eigenvalue weighted by Crippen LogP contribution is 2.29. The molecule has 0 bridgehead atoms. The lowest BCUT2D eigenvalue weighted by Crippen LogP contribution is -2.13. The third kappa shape index (κ3) is 24.5. The molecule has 0 aliphatic carbocycles. The molecule has 0 saturated carbocycles. The Morgan fingerprint density at radius 2 is 0.861 bits per heavy atom. The first-order chi connectivity index (χ1) is 17.3. The van der Waals surface area contributed by atoms with E-state index in [2.05, 4.69) is 48.5 Å². The van der Waals surface area contributed by atoms with Gasteiger partial charge in [-0.25, -0.2) is 0 Å². The maximum atomic E-state index is 5.86. The van der Waals surface area contributed by atoms with E-state index >= 15 is 0 Å². The Morgan fingerprint density at radius 3 is 1.33 bits per heavy atom. The van der Waals surface area contributed by atoms with Crippen LogP contribution in [0, 0.1) is 35.5 Å². The van der Waals surface area contributed by atoms with E-state index in [4.69, 9.17) is 21.1 Å². The first-order valence-corrected chi connectivity index (χ1v) is 16.5. The Labute approximate surface area is 233 Å². The Kier molecular flexibility index (Phi) is 25.6. The van der Waals surface area contributed by atoms with Crippen molar-refractivity contribution in [1.29, 1.82) is 0 Å². The van der Waals surface area contributed by atoms with E-state index in [1.54, 1.807) is 0 Å². The molecule has 0 amide bonds. The van der Waals surface area contributed by atoms with E-state index in [1.165, 1.54) is 96.3 Å². The summed E-state index contributed by atoms with van der Waals surface area (Å²) in [4.78, 5) is 0. The average molecular weight is 531 g/mol. The van der Waals surface area contributed by atoms with Gasteiger partial charge in [0.2, 0.25) is 0 Å². The van der Waals surface area contributed by atoms with Crippen LogP contribution in [0.5, 0.6) is 0 Å². The van der Waals surface area contributed by atoms with Crippen molar-refractivity contribution in [2.45, 2.75) is 151 Å². The second-order valence-electron chi connectivity index (χ2n) is 12.8. The molecule has 0 aromatic carbocycles. The Hall–Kier alpha value is 0.210. The van der Waals surface area contributed by atoms with Crippen LogP contribution in [0.2, 0.25) is 0 Å². The summed E-state index contributed by atoms with van der Waals surface area (Å²) in [7, 11) is 0. The van der Waals surface area contributed by atoms with Gasteiger partial charge in [0.05, 0.1) is 0 Å². The van der Waals surface area contributed by atoms with Gasteiger partial charge in [-0.1, -0.05) is 87.0 Å². The zero-order chi connectivity index (χ0) is 27.0. The summed E-state index contributed by atoms with van der Waals surface area (Å²) >= 11 is 5.86. The number of hydrogen-bond acceptors (Lipinski definition) is 2. The lowest BCUT2D eigenvalue weighted by Gasteiger charge is -2.25. The van der Waals surface area contributed by atoms with E-state index in [0.717, 1.165) is 61.0 Å². The van der Waals surface area contributed by atoms with Gasteiger partial charge in [0.15, 0.2) is 0 Å². The quantitative estimate of drug-likeness (QED) is 0.0596. The molecule has 0 aromatic heterocycles. The molecule has 0 saturated heterocycles. The maximum absolute atomic E-state index is 5.86. The largest absolute Gasteiger partial charge is 0.355 e. The highest BCUT2D eigenvalue weighted by atomic mass is 35.5. The molecule has 6 atom stereocenters. The zero-order valence-electron chi connectivity index (χ0n) is 25.8. The van der Waals surface area contributed by atoms with E-state index in [1.807, 2.05) is 0 Å². The van der Waals surface area contributed by atoms with Gasteiger partial charge < -0.3 is 9.47 Å². The van der Waals surface area contributed by atoms with Crippen LogP contribution in [-0.4, -0.2) is 25.9 Å². The number of unbranched alkanes of at least 4 members (excludes halogenated alkanes) is 6. The molecule has 6 unspecified atom stereocenters. The minimum absolute atomic E-state index is 0.473. The van der Waals surface area contributed by atoms with Crippen LogP contribution in [-0.2, 0) is 9.47 Å². The summed E-state index contributed by atoms with van der Waals surface area (Å²) in [6.07, 6.45) is 21.0. The van der Waals surface area contributed by atoms with Crippen LogP contribution in [0.3, 0.4) is 0 Å². The van der Waals surface area contributed by atoms with Crippen molar-refractivity contribution in [2.24, 2.45) is 35.5 Å². The predicted molar refractivity (Wildman–Crippen MR) is 162 cm³/mol. The van der Waals surface area contributed by atoms with Crippen LogP contribution >= 0.6 is 11.6 Å². The molecule has 0 aliphatic heterocycles. The number of alkyl halides is 1. The highest BCUT2D eigenvalue weighted by Gasteiger charge is 2.17. The predicted octanol–water partition coefficient (Wildman–Crippen LogP) is 11.3. The molecule has 218 valence electrons. The standard InChI is InChI=1S/C33H67ClO2/c1-8-9-10-11-12-13-14-20-35-27-36-21-16-18-29(3)23-31(5)25-33(7)26-32(6)24-30(4)22-28(2)17-15-19-34/h28-33H,8-27H2,1-7H3. The number of rotatable bonds is 27. The van der Waals surface area contributed by atoms with E-state index in [9.17, 15) is 0 Å². The third-order valence-electron chi connectivity index (χ3n) is 7.90. The Bertz CT molecular complexity index is 443. The fourth-order valence-electron chi connectivity index (χ4n) is 6.35. The summed E-state index contributed by atoms with van der Waals surface area (Å²) < 4.78 is 11.3. The van der Waals surface area contributed by atoms with Gasteiger partial charge in [-0.15, -0.1) is 11.6 Å². The molecule has 2 nitrogen and oxygen atoms in total. The van der Waals surface area contributed by atoms with Crippen LogP contribution in [0.15, 0.2) is 0 Å². The lowest BCUT2D eigenvalue weighted by molar-refractivity contribution is -0.0561. The summed E-state index contributed by atoms with van der Waals surface area (Å²) in [6.45, 7) is 19.1. The van der Waals surface area contributed by atoms with Gasteiger partial charge in [0.25, 0.3) is 0 Å². The minimum atomic E-state index is 0.473. The molecule has 0 aromatic rings. The van der Waals surface area contributed by atoms with Gasteiger partial charge in [-0.05, 0) is 99.7 Å². The number of ether oxygens (including phenoxy) is 2. The first-order valence-electron chi connectivity index (χ1n) is 16.0. The molecular formula is C33H67ClO2. The Morgan fingerprint density at radius 1 is 0.472 bits per heavy atom. The molecule has 0 radical (unpaired) electrons. The third-order valence-corrected chi connectivity index (χ3v) is 8.17. The smallest absolute Gasteiger partial charge is 0.146 e. The van der Waals surface area contributed by atoms with Crippen molar-refractivity contribution in [3.63, 3.8) is 0 Å². The number of halogens is 1. The fourth-order valence-corrected chi connectivity index (χ4v) is 6.51. The lowest BCUT2D eigenvalue weighted by atomic mass is 9.81. The molecule has 0 rings (SSSR count). The van der Waals surface area contributed by atoms with Crippen molar-refractivity contribution in [1.82, 2.24) is 0 Å². The van der Waals surface area contributed by atoms with E-state index < -0.39 is 0 Å². The summed E-state index contributed by atoms with van der Waals surface area (Å²) in [6, 6.07) is 0. The number of hydrogen-bond donors (Lipinski definition) is 0. The van der Waals surface area contributed by atoms with Crippen molar-refractivity contribution in [3.8, 4) is 0 Å². The molecule has 0 aliphatic rings. The summed E-state index contributed by atoms with van der Waals surface area (Å²) in [5.74, 6) is 5.74. The molecule has 3 heteroatoms. The van der Waals surface area contributed by atoms with Crippen molar-refractivity contribution in [2.75, 3.05) is 25.9 Å². The van der Waals surface area contributed by atoms with Crippen LogP contribution < -0.4 is 0 Å². The van der Waals surface area contributed by atoms with E-state index in [-0.39, 0.29) is 0 Å². The SMILES string of the molecule is CCCCCCCCCOCOCCCC(C)CC(C)CC(C)CC(C)CC(C)CC(C)CCCCl. The van der Waals surface area contributed by atoms with Crippen LogP contribution in [0.4, 0.5) is 0 Å². The first kappa shape index (κ1) is 36.2. The average Bonchev–Trinajstić information content (AvgIpc) is 2.80. The van der Waals surface area contributed by atoms with Gasteiger partial charge in [0, 0.05) is 19.1 Å². The second-order valence-corrected chi connectivity index (χ2v) is 13.2. The molecule has 0 fully saturated rings.